The zero-order chi connectivity index (χ0) is 10.1. The number of hydrogen-bond donors (Lipinski definition) is 2. The first-order valence-corrected chi connectivity index (χ1v) is 5.23. The van der Waals surface area contributed by atoms with Gasteiger partial charge in [-0.15, -0.1) is 0 Å². The molecule has 3 heteroatoms. The fraction of sp³-hybridized carbons (Fsp3) is 1.00. The Morgan fingerprint density at radius 2 is 2.08 bits per heavy atom. The van der Waals surface area contributed by atoms with Gasteiger partial charge in [-0.05, 0) is 19.8 Å². The van der Waals surface area contributed by atoms with Crippen molar-refractivity contribution in [3.05, 3.63) is 0 Å². The minimum absolute atomic E-state index is 0.294. The van der Waals surface area contributed by atoms with E-state index in [0.717, 1.165) is 12.8 Å². The molecule has 0 rings (SSSR count). The van der Waals surface area contributed by atoms with Gasteiger partial charge in [-0.3, -0.25) is 11.3 Å². The fourth-order valence-electron chi connectivity index (χ4n) is 1.41. The molecule has 0 aromatic carbocycles. The third-order valence-electron chi connectivity index (χ3n) is 2.41. The Morgan fingerprint density at radius 3 is 2.54 bits per heavy atom. The van der Waals surface area contributed by atoms with E-state index in [1.54, 1.807) is 7.11 Å². The maximum atomic E-state index is 5.45. The van der Waals surface area contributed by atoms with Crippen LogP contribution in [0.5, 0.6) is 0 Å². The van der Waals surface area contributed by atoms with E-state index in [9.17, 15) is 0 Å². The summed E-state index contributed by atoms with van der Waals surface area (Å²) in [6.45, 7) is 4.28. The van der Waals surface area contributed by atoms with Crippen LogP contribution in [0.15, 0.2) is 0 Å². The summed E-state index contributed by atoms with van der Waals surface area (Å²) >= 11 is 0. The van der Waals surface area contributed by atoms with Crippen molar-refractivity contribution in [2.75, 3.05) is 7.11 Å². The summed E-state index contributed by atoms with van der Waals surface area (Å²) < 4.78 is 5.19. The van der Waals surface area contributed by atoms with Gasteiger partial charge in [0.2, 0.25) is 0 Å². The number of unbranched alkanes of at least 4 members (excludes halogenated alkanes) is 2. The molecule has 0 aromatic heterocycles. The van der Waals surface area contributed by atoms with E-state index in [2.05, 4.69) is 19.3 Å². The molecule has 0 saturated carbocycles. The van der Waals surface area contributed by atoms with Crippen molar-refractivity contribution in [2.45, 2.75) is 58.1 Å². The summed E-state index contributed by atoms with van der Waals surface area (Å²) in [4.78, 5) is 0. The number of rotatable bonds is 8. The first-order valence-electron chi connectivity index (χ1n) is 5.23. The van der Waals surface area contributed by atoms with E-state index in [1.807, 2.05) is 0 Å². The standard InChI is InChI=1S/C10H24N2O/c1-4-5-6-7-10(12-11)8-9(2)13-3/h9-10,12H,4-8,11H2,1-3H3. The van der Waals surface area contributed by atoms with E-state index in [0.29, 0.717) is 12.1 Å². The lowest BCUT2D eigenvalue weighted by molar-refractivity contribution is 0.0989. The van der Waals surface area contributed by atoms with Crippen LogP contribution < -0.4 is 11.3 Å². The molecule has 80 valence electrons. The van der Waals surface area contributed by atoms with E-state index in [4.69, 9.17) is 10.6 Å². The summed E-state index contributed by atoms with van der Waals surface area (Å²) in [5, 5.41) is 0. The summed E-state index contributed by atoms with van der Waals surface area (Å²) in [7, 11) is 1.74. The Bertz CT molecular complexity index is 109. The third-order valence-corrected chi connectivity index (χ3v) is 2.41. The highest BCUT2D eigenvalue weighted by Gasteiger charge is 2.10. The zero-order valence-corrected chi connectivity index (χ0v) is 9.18. The molecule has 2 unspecified atom stereocenters. The second-order valence-corrected chi connectivity index (χ2v) is 3.64. The van der Waals surface area contributed by atoms with Crippen LogP contribution in [0.25, 0.3) is 0 Å². The molecule has 0 amide bonds. The molecule has 0 aliphatic heterocycles. The quantitative estimate of drug-likeness (QED) is 0.347. The molecule has 0 fully saturated rings. The molecule has 2 atom stereocenters. The molecule has 3 N–H and O–H groups in total. The van der Waals surface area contributed by atoms with Crippen LogP contribution in [0.2, 0.25) is 0 Å². The Balaban J connectivity index is 3.50. The Kier molecular flexibility index (Phi) is 8.40. The largest absolute Gasteiger partial charge is 0.382 e. The minimum atomic E-state index is 0.294. The first kappa shape index (κ1) is 12.9. The van der Waals surface area contributed by atoms with Crippen LogP contribution in [-0.2, 0) is 4.74 Å². The predicted octanol–water partition coefficient (Wildman–Crippen LogP) is 1.82. The lowest BCUT2D eigenvalue weighted by Crippen LogP contribution is -2.37. The van der Waals surface area contributed by atoms with Crippen molar-refractivity contribution < 1.29 is 4.74 Å². The van der Waals surface area contributed by atoms with Crippen molar-refractivity contribution >= 4 is 0 Å². The average Bonchev–Trinajstić information content (AvgIpc) is 2.16. The highest BCUT2D eigenvalue weighted by molar-refractivity contribution is 4.67. The number of nitrogens with two attached hydrogens (primary N) is 1. The van der Waals surface area contributed by atoms with Gasteiger partial charge in [0, 0.05) is 13.2 Å². The molecule has 0 radical (unpaired) electrons. The van der Waals surface area contributed by atoms with Gasteiger partial charge < -0.3 is 4.74 Å². The maximum Gasteiger partial charge on any atom is 0.0558 e. The second kappa shape index (κ2) is 8.48. The summed E-state index contributed by atoms with van der Waals surface area (Å²) in [6, 6.07) is 0.404. The van der Waals surface area contributed by atoms with Crippen molar-refractivity contribution in [3.63, 3.8) is 0 Å². The van der Waals surface area contributed by atoms with Crippen LogP contribution in [0.3, 0.4) is 0 Å². The lowest BCUT2D eigenvalue weighted by atomic mass is 10.0. The van der Waals surface area contributed by atoms with Crippen molar-refractivity contribution in [3.8, 4) is 0 Å². The van der Waals surface area contributed by atoms with E-state index < -0.39 is 0 Å². The van der Waals surface area contributed by atoms with E-state index in [-0.39, 0.29) is 0 Å². The van der Waals surface area contributed by atoms with Gasteiger partial charge >= 0.3 is 0 Å². The Morgan fingerprint density at radius 1 is 1.38 bits per heavy atom. The number of hydrogen-bond acceptors (Lipinski definition) is 3. The third kappa shape index (κ3) is 6.99. The molecule has 0 aliphatic carbocycles. The van der Waals surface area contributed by atoms with Crippen LogP contribution in [-0.4, -0.2) is 19.3 Å². The van der Waals surface area contributed by atoms with Gasteiger partial charge in [0.1, 0.15) is 0 Å². The highest BCUT2D eigenvalue weighted by Crippen LogP contribution is 2.09. The normalized spacial score (nSPS) is 15.7. The van der Waals surface area contributed by atoms with Gasteiger partial charge in [-0.25, -0.2) is 0 Å². The molecule has 13 heavy (non-hydrogen) atoms. The Labute approximate surface area is 82.0 Å². The number of ether oxygens (including phenoxy) is 1. The van der Waals surface area contributed by atoms with Gasteiger partial charge in [-0.2, -0.15) is 0 Å². The number of hydrazine groups is 1. The SMILES string of the molecule is CCCCCC(CC(C)OC)NN. The van der Waals surface area contributed by atoms with Gasteiger partial charge in [-0.1, -0.05) is 26.2 Å². The van der Waals surface area contributed by atoms with Gasteiger partial charge in [0.25, 0.3) is 0 Å². The molecule has 0 aromatic rings. The molecular formula is C10H24N2O. The number of nitrogens with one attached hydrogen (secondary N) is 1. The van der Waals surface area contributed by atoms with E-state index >= 15 is 0 Å². The summed E-state index contributed by atoms with van der Waals surface area (Å²) in [6.07, 6.45) is 6.25. The maximum absolute atomic E-state index is 5.45. The minimum Gasteiger partial charge on any atom is -0.382 e. The fourth-order valence-corrected chi connectivity index (χ4v) is 1.41. The number of methoxy groups -OCH3 is 1. The smallest absolute Gasteiger partial charge is 0.0558 e. The monoisotopic (exact) mass is 188 g/mol. The summed E-state index contributed by atoms with van der Waals surface area (Å²) in [5.41, 5.74) is 2.85. The molecule has 0 bridgehead atoms. The highest BCUT2D eigenvalue weighted by atomic mass is 16.5. The van der Waals surface area contributed by atoms with Gasteiger partial charge in [0.15, 0.2) is 0 Å². The van der Waals surface area contributed by atoms with Gasteiger partial charge in [0.05, 0.1) is 6.10 Å². The Hall–Kier alpha value is -0.120. The molecule has 3 nitrogen and oxygen atoms in total. The molecular weight excluding hydrogens is 164 g/mol. The predicted molar refractivity (Wildman–Crippen MR) is 56.3 cm³/mol. The van der Waals surface area contributed by atoms with E-state index in [1.165, 1.54) is 19.3 Å². The van der Waals surface area contributed by atoms with Crippen LogP contribution in [0.1, 0.15) is 46.0 Å². The van der Waals surface area contributed by atoms with Crippen molar-refractivity contribution in [1.29, 1.82) is 0 Å². The topological polar surface area (TPSA) is 47.3 Å². The molecule has 0 aliphatic rings. The average molecular weight is 188 g/mol. The van der Waals surface area contributed by atoms with Crippen LogP contribution in [0.4, 0.5) is 0 Å². The molecule has 0 heterocycles. The second-order valence-electron chi connectivity index (χ2n) is 3.64. The summed E-state index contributed by atoms with van der Waals surface area (Å²) in [5.74, 6) is 5.45. The molecule has 0 saturated heterocycles. The molecule has 0 spiro atoms. The van der Waals surface area contributed by atoms with Crippen molar-refractivity contribution in [2.24, 2.45) is 5.84 Å². The van der Waals surface area contributed by atoms with Crippen molar-refractivity contribution in [1.82, 2.24) is 5.43 Å². The van der Waals surface area contributed by atoms with Crippen LogP contribution >= 0.6 is 0 Å². The lowest BCUT2D eigenvalue weighted by Gasteiger charge is -2.19. The zero-order valence-electron chi connectivity index (χ0n) is 9.18. The first-order chi connectivity index (χ1) is 6.24. The van der Waals surface area contributed by atoms with Crippen LogP contribution in [0, 0.1) is 0 Å².